The summed E-state index contributed by atoms with van der Waals surface area (Å²) in [4.78, 5) is 2.35. The van der Waals surface area contributed by atoms with Gasteiger partial charge in [0.1, 0.15) is 18.1 Å². The normalized spacial score (nSPS) is 14.2. The molecule has 1 aliphatic rings. The van der Waals surface area contributed by atoms with E-state index < -0.39 is 0 Å². The summed E-state index contributed by atoms with van der Waals surface area (Å²) in [6.45, 7) is 4.18. The summed E-state index contributed by atoms with van der Waals surface area (Å²) in [6, 6.07) is 26.4. The number of hydrogen-bond acceptors (Lipinski definition) is 5. The molecule has 5 nitrogen and oxygen atoms in total. The first-order valence-corrected chi connectivity index (χ1v) is 10.3. The average molecular weight is 402 g/mol. The predicted molar refractivity (Wildman–Crippen MR) is 122 cm³/mol. The molecule has 0 unspecified atom stereocenters. The molecule has 154 valence electrons. The van der Waals surface area contributed by atoms with E-state index >= 15 is 0 Å². The van der Waals surface area contributed by atoms with Crippen LogP contribution in [-0.4, -0.2) is 44.5 Å². The van der Waals surface area contributed by atoms with Crippen molar-refractivity contribution in [1.29, 1.82) is 0 Å². The number of para-hydroxylation sites is 2. The summed E-state index contributed by atoms with van der Waals surface area (Å²) in [7, 11) is 1.72. The molecular formula is C25H27N3O2. The fourth-order valence-electron chi connectivity index (χ4n) is 3.48. The third kappa shape index (κ3) is 5.11. The van der Waals surface area contributed by atoms with E-state index in [2.05, 4.69) is 39.3 Å². The lowest BCUT2D eigenvalue weighted by Gasteiger charge is -2.35. The lowest BCUT2D eigenvalue weighted by Crippen LogP contribution is -2.44. The number of benzene rings is 3. The van der Waals surface area contributed by atoms with E-state index in [1.807, 2.05) is 60.8 Å². The summed E-state index contributed by atoms with van der Waals surface area (Å²) < 4.78 is 11.3. The van der Waals surface area contributed by atoms with Gasteiger partial charge in [-0.1, -0.05) is 42.5 Å². The SMILES string of the molecule is COc1ccccc1N1CCN(/N=C/c2ccc(OCc3ccccc3)cc2)CC1. The van der Waals surface area contributed by atoms with Crippen LogP contribution in [-0.2, 0) is 6.61 Å². The zero-order valence-electron chi connectivity index (χ0n) is 17.3. The first-order valence-electron chi connectivity index (χ1n) is 10.3. The topological polar surface area (TPSA) is 37.3 Å². The van der Waals surface area contributed by atoms with Gasteiger partial charge in [-0.25, -0.2) is 0 Å². The third-order valence-corrected chi connectivity index (χ3v) is 5.18. The van der Waals surface area contributed by atoms with Crippen LogP contribution in [0.1, 0.15) is 11.1 Å². The Morgan fingerprint density at radius 1 is 0.833 bits per heavy atom. The zero-order chi connectivity index (χ0) is 20.6. The molecule has 0 aromatic heterocycles. The number of hydrazone groups is 1. The van der Waals surface area contributed by atoms with Crippen molar-refractivity contribution in [1.82, 2.24) is 5.01 Å². The van der Waals surface area contributed by atoms with Crippen LogP contribution in [0, 0.1) is 0 Å². The Morgan fingerprint density at radius 3 is 2.27 bits per heavy atom. The summed E-state index contributed by atoms with van der Waals surface area (Å²) in [6.07, 6.45) is 1.92. The second-order valence-corrected chi connectivity index (χ2v) is 7.20. The second kappa shape index (κ2) is 9.83. The fourth-order valence-corrected chi connectivity index (χ4v) is 3.48. The van der Waals surface area contributed by atoms with Crippen molar-refractivity contribution in [3.8, 4) is 11.5 Å². The Labute approximate surface area is 178 Å². The van der Waals surface area contributed by atoms with Crippen molar-refractivity contribution >= 4 is 11.9 Å². The number of hydrogen-bond donors (Lipinski definition) is 0. The molecular weight excluding hydrogens is 374 g/mol. The van der Waals surface area contributed by atoms with Crippen LogP contribution >= 0.6 is 0 Å². The van der Waals surface area contributed by atoms with Gasteiger partial charge in [-0.3, -0.25) is 5.01 Å². The van der Waals surface area contributed by atoms with Gasteiger partial charge in [-0.05, 0) is 47.5 Å². The maximum Gasteiger partial charge on any atom is 0.142 e. The monoisotopic (exact) mass is 401 g/mol. The van der Waals surface area contributed by atoms with Crippen LogP contribution in [0.2, 0.25) is 0 Å². The van der Waals surface area contributed by atoms with E-state index in [9.17, 15) is 0 Å². The Bertz CT molecular complexity index is 950. The van der Waals surface area contributed by atoms with E-state index in [0.29, 0.717) is 6.61 Å². The van der Waals surface area contributed by atoms with Crippen LogP contribution in [0.15, 0.2) is 84.0 Å². The largest absolute Gasteiger partial charge is 0.495 e. The molecule has 0 saturated carbocycles. The quantitative estimate of drug-likeness (QED) is 0.549. The van der Waals surface area contributed by atoms with Crippen molar-refractivity contribution in [2.45, 2.75) is 6.61 Å². The molecule has 1 aliphatic heterocycles. The number of ether oxygens (including phenoxy) is 2. The molecule has 0 N–H and O–H groups in total. The molecule has 30 heavy (non-hydrogen) atoms. The summed E-state index contributed by atoms with van der Waals surface area (Å²) in [5.41, 5.74) is 3.37. The average Bonchev–Trinajstić information content (AvgIpc) is 2.83. The number of piperazine rings is 1. The molecule has 0 radical (unpaired) electrons. The fraction of sp³-hybridized carbons (Fsp3) is 0.240. The van der Waals surface area contributed by atoms with Crippen LogP contribution in [0.5, 0.6) is 11.5 Å². The van der Waals surface area contributed by atoms with Crippen LogP contribution in [0.25, 0.3) is 0 Å². The molecule has 5 heteroatoms. The highest BCUT2D eigenvalue weighted by Crippen LogP contribution is 2.28. The van der Waals surface area contributed by atoms with Crippen LogP contribution in [0.4, 0.5) is 5.69 Å². The van der Waals surface area contributed by atoms with E-state index in [4.69, 9.17) is 9.47 Å². The van der Waals surface area contributed by atoms with Crippen molar-refractivity contribution < 1.29 is 9.47 Å². The highest BCUT2D eigenvalue weighted by molar-refractivity contribution is 5.79. The Morgan fingerprint density at radius 2 is 1.53 bits per heavy atom. The molecule has 3 aromatic rings. The van der Waals surface area contributed by atoms with Gasteiger partial charge in [-0.15, -0.1) is 0 Å². The van der Waals surface area contributed by atoms with E-state index in [1.165, 1.54) is 0 Å². The number of anilines is 1. The van der Waals surface area contributed by atoms with Gasteiger partial charge in [0.15, 0.2) is 0 Å². The first kappa shape index (κ1) is 19.8. The Hall–Kier alpha value is -3.47. The minimum absolute atomic E-state index is 0.574. The number of rotatable bonds is 7. The molecule has 1 saturated heterocycles. The van der Waals surface area contributed by atoms with Gasteiger partial charge in [0.2, 0.25) is 0 Å². The van der Waals surface area contributed by atoms with E-state index in [1.54, 1.807) is 7.11 Å². The molecule has 3 aromatic carbocycles. The van der Waals surface area contributed by atoms with Crippen molar-refractivity contribution in [3.05, 3.63) is 90.0 Å². The predicted octanol–water partition coefficient (Wildman–Crippen LogP) is 4.43. The van der Waals surface area contributed by atoms with Gasteiger partial charge in [0, 0.05) is 13.1 Å². The summed E-state index contributed by atoms with van der Waals surface area (Å²) in [5.74, 6) is 1.78. The highest BCUT2D eigenvalue weighted by atomic mass is 16.5. The Kier molecular flexibility index (Phi) is 6.50. The lowest BCUT2D eigenvalue weighted by atomic mass is 10.2. The standard InChI is InChI=1S/C25H27N3O2/c1-29-25-10-6-5-9-24(25)27-15-17-28(18-16-27)26-19-21-11-13-23(14-12-21)30-20-22-7-3-2-4-8-22/h2-14,19H,15-18,20H2,1H3/b26-19+. The lowest BCUT2D eigenvalue weighted by molar-refractivity contribution is 0.271. The third-order valence-electron chi connectivity index (χ3n) is 5.18. The van der Waals surface area contributed by atoms with Crippen LogP contribution in [0.3, 0.4) is 0 Å². The van der Waals surface area contributed by atoms with Gasteiger partial charge < -0.3 is 14.4 Å². The van der Waals surface area contributed by atoms with Gasteiger partial charge in [-0.2, -0.15) is 5.10 Å². The second-order valence-electron chi connectivity index (χ2n) is 7.20. The molecule has 0 bridgehead atoms. The van der Waals surface area contributed by atoms with Gasteiger partial charge >= 0.3 is 0 Å². The summed E-state index contributed by atoms with van der Waals surface area (Å²) >= 11 is 0. The molecule has 0 spiro atoms. The minimum atomic E-state index is 0.574. The van der Waals surface area contributed by atoms with Crippen molar-refractivity contribution in [2.24, 2.45) is 5.10 Å². The van der Waals surface area contributed by atoms with Crippen molar-refractivity contribution in [2.75, 3.05) is 38.2 Å². The first-order chi connectivity index (χ1) is 14.8. The summed E-state index contributed by atoms with van der Waals surface area (Å²) in [5, 5.41) is 6.77. The Balaban J connectivity index is 1.27. The molecule has 0 aliphatic carbocycles. The molecule has 0 atom stereocenters. The maximum atomic E-state index is 5.84. The van der Waals surface area contributed by atoms with E-state index in [-0.39, 0.29) is 0 Å². The number of methoxy groups -OCH3 is 1. The molecule has 0 amide bonds. The van der Waals surface area contributed by atoms with E-state index in [0.717, 1.165) is 54.5 Å². The highest BCUT2D eigenvalue weighted by Gasteiger charge is 2.18. The molecule has 4 rings (SSSR count). The molecule has 1 heterocycles. The van der Waals surface area contributed by atoms with Crippen molar-refractivity contribution in [3.63, 3.8) is 0 Å². The minimum Gasteiger partial charge on any atom is -0.495 e. The zero-order valence-corrected chi connectivity index (χ0v) is 17.3. The number of nitrogens with zero attached hydrogens (tertiary/aromatic N) is 3. The van der Waals surface area contributed by atoms with Gasteiger partial charge in [0.05, 0.1) is 32.1 Å². The maximum absolute atomic E-state index is 5.84. The van der Waals surface area contributed by atoms with Gasteiger partial charge in [0.25, 0.3) is 0 Å². The van der Waals surface area contributed by atoms with Crippen LogP contribution < -0.4 is 14.4 Å². The smallest absolute Gasteiger partial charge is 0.142 e. The molecule has 1 fully saturated rings.